The van der Waals surface area contributed by atoms with Gasteiger partial charge in [-0.25, -0.2) is 12.8 Å². The summed E-state index contributed by atoms with van der Waals surface area (Å²) in [7, 11) is -3.80. The molecule has 2 unspecified atom stereocenters. The summed E-state index contributed by atoms with van der Waals surface area (Å²) in [6, 6.07) is 3.90. The molecule has 0 aromatic heterocycles. The van der Waals surface area contributed by atoms with Gasteiger partial charge in [0.2, 0.25) is 10.0 Å². The maximum atomic E-state index is 13.9. The Morgan fingerprint density at radius 1 is 1.40 bits per heavy atom. The van der Waals surface area contributed by atoms with Crippen LogP contribution in [0.15, 0.2) is 23.1 Å². The molecule has 6 heteroatoms. The van der Waals surface area contributed by atoms with E-state index >= 15 is 0 Å². The van der Waals surface area contributed by atoms with Crippen LogP contribution in [0, 0.1) is 11.7 Å². The van der Waals surface area contributed by atoms with Crippen LogP contribution in [0.1, 0.15) is 32.3 Å². The van der Waals surface area contributed by atoms with Crippen LogP contribution in [0.5, 0.6) is 0 Å². The van der Waals surface area contributed by atoms with Crippen LogP contribution >= 0.6 is 11.6 Å². The molecule has 0 saturated carbocycles. The van der Waals surface area contributed by atoms with Crippen molar-refractivity contribution in [2.24, 2.45) is 5.92 Å². The molecule has 0 bridgehead atoms. The monoisotopic (exact) mass is 319 g/mol. The summed E-state index contributed by atoms with van der Waals surface area (Å²) >= 11 is 5.70. The predicted molar refractivity (Wildman–Crippen MR) is 77.7 cm³/mol. The standard InChI is InChI=1S/C14H19ClFNO2S/c1-10-5-6-17(11(2)7-10)20(18,19)14-8-12(9-15)3-4-13(14)16/h3-4,8,10-11H,5-7,9H2,1-2H3. The van der Waals surface area contributed by atoms with Crippen molar-refractivity contribution in [3.8, 4) is 0 Å². The van der Waals surface area contributed by atoms with Gasteiger partial charge in [0.1, 0.15) is 10.7 Å². The second kappa shape index (κ2) is 6.00. The third kappa shape index (κ3) is 3.00. The normalized spacial score (nSPS) is 24.8. The quantitative estimate of drug-likeness (QED) is 0.801. The van der Waals surface area contributed by atoms with Gasteiger partial charge in [0.15, 0.2) is 0 Å². The van der Waals surface area contributed by atoms with E-state index in [0.29, 0.717) is 18.0 Å². The molecular formula is C14H19ClFNO2S. The van der Waals surface area contributed by atoms with Gasteiger partial charge in [0.05, 0.1) is 0 Å². The summed E-state index contributed by atoms with van der Waals surface area (Å²) in [6.07, 6.45) is 1.61. The molecule has 0 N–H and O–H groups in total. The number of rotatable bonds is 3. The largest absolute Gasteiger partial charge is 0.246 e. The minimum Gasteiger partial charge on any atom is -0.207 e. The highest BCUT2D eigenvalue weighted by Crippen LogP contribution is 2.29. The van der Waals surface area contributed by atoms with E-state index in [9.17, 15) is 12.8 Å². The molecule has 3 nitrogen and oxygen atoms in total. The molecular weight excluding hydrogens is 301 g/mol. The Bertz CT molecular complexity index is 591. The topological polar surface area (TPSA) is 37.4 Å². The summed E-state index contributed by atoms with van der Waals surface area (Å²) in [5, 5.41) is 0. The van der Waals surface area contributed by atoms with Gasteiger partial charge < -0.3 is 0 Å². The van der Waals surface area contributed by atoms with Crippen LogP contribution in [0.2, 0.25) is 0 Å². The summed E-state index contributed by atoms with van der Waals surface area (Å²) < 4.78 is 40.6. The molecule has 0 aliphatic carbocycles. The van der Waals surface area contributed by atoms with Crippen molar-refractivity contribution in [1.29, 1.82) is 0 Å². The molecule has 1 aliphatic rings. The lowest BCUT2D eigenvalue weighted by Gasteiger charge is -2.35. The first-order valence-corrected chi connectivity index (χ1v) is 8.70. The Balaban J connectivity index is 2.40. The Labute approximate surface area is 124 Å². The van der Waals surface area contributed by atoms with E-state index in [1.807, 2.05) is 6.92 Å². The SMILES string of the molecule is CC1CCN(S(=O)(=O)c2cc(CCl)ccc2F)C(C)C1. The minimum absolute atomic E-state index is 0.109. The van der Waals surface area contributed by atoms with E-state index in [2.05, 4.69) is 6.92 Å². The zero-order chi connectivity index (χ0) is 14.9. The smallest absolute Gasteiger partial charge is 0.207 e. The third-order valence-electron chi connectivity index (χ3n) is 3.81. The van der Waals surface area contributed by atoms with Crippen LogP contribution in [0.3, 0.4) is 0 Å². The summed E-state index contributed by atoms with van der Waals surface area (Å²) in [5.41, 5.74) is 0.602. The number of piperidine rings is 1. The first-order valence-electron chi connectivity index (χ1n) is 6.72. The molecule has 1 heterocycles. The lowest BCUT2D eigenvalue weighted by molar-refractivity contribution is 0.219. The molecule has 1 aromatic carbocycles. The number of hydrogen-bond donors (Lipinski definition) is 0. The molecule has 2 rings (SSSR count). The fraction of sp³-hybridized carbons (Fsp3) is 0.571. The van der Waals surface area contributed by atoms with Crippen molar-refractivity contribution >= 4 is 21.6 Å². The van der Waals surface area contributed by atoms with Crippen LogP contribution in [-0.4, -0.2) is 25.3 Å². The Kier molecular flexibility index (Phi) is 4.72. The Morgan fingerprint density at radius 3 is 2.70 bits per heavy atom. The lowest BCUT2D eigenvalue weighted by Crippen LogP contribution is -2.44. The molecule has 20 heavy (non-hydrogen) atoms. The highest BCUT2D eigenvalue weighted by Gasteiger charge is 2.34. The van der Waals surface area contributed by atoms with Gasteiger partial charge in [0, 0.05) is 18.5 Å². The third-order valence-corrected chi connectivity index (χ3v) is 6.15. The van der Waals surface area contributed by atoms with Crippen molar-refractivity contribution in [1.82, 2.24) is 4.31 Å². The first kappa shape index (κ1) is 15.7. The lowest BCUT2D eigenvalue weighted by atomic mass is 9.95. The van der Waals surface area contributed by atoms with Crippen LogP contribution in [0.4, 0.5) is 4.39 Å². The molecule has 112 valence electrons. The molecule has 2 atom stereocenters. The van der Waals surface area contributed by atoms with Crippen molar-refractivity contribution in [3.63, 3.8) is 0 Å². The predicted octanol–water partition coefficient (Wildman–Crippen LogP) is 3.37. The Morgan fingerprint density at radius 2 is 2.10 bits per heavy atom. The minimum atomic E-state index is -3.80. The highest BCUT2D eigenvalue weighted by atomic mass is 35.5. The fourth-order valence-corrected chi connectivity index (χ4v) is 4.64. The molecule has 1 saturated heterocycles. The Hall–Kier alpha value is -0.650. The number of halogens is 2. The van der Waals surface area contributed by atoms with Crippen molar-refractivity contribution in [2.45, 2.75) is 43.5 Å². The van der Waals surface area contributed by atoms with E-state index < -0.39 is 15.8 Å². The second-order valence-electron chi connectivity index (χ2n) is 5.49. The van der Waals surface area contributed by atoms with Crippen molar-refractivity contribution in [3.05, 3.63) is 29.6 Å². The maximum Gasteiger partial charge on any atom is 0.246 e. The van der Waals surface area contributed by atoms with Gasteiger partial charge in [0.25, 0.3) is 0 Å². The van der Waals surface area contributed by atoms with Crippen molar-refractivity contribution in [2.75, 3.05) is 6.54 Å². The van der Waals surface area contributed by atoms with E-state index in [1.165, 1.54) is 22.5 Å². The highest BCUT2D eigenvalue weighted by molar-refractivity contribution is 7.89. The van der Waals surface area contributed by atoms with Gasteiger partial charge in [-0.1, -0.05) is 13.0 Å². The van der Waals surface area contributed by atoms with Gasteiger partial charge in [-0.2, -0.15) is 4.31 Å². The van der Waals surface area contributed by atoms with E-state index in [0.717, 1.165) is 12.8 Å². The molecule has 1 aliphatic heterocycles. The number of nitrogens with zero attached hydrogens (tertiary/aromatic N) is 1. The molecule has 1 fully saturated rings. The fourth-order valence-electron chi connectivity index (χ4n) is 2.70. The van der Waals surface area contributed by atoms with Crippen LogP contribution in [0.25, 0.3) is 0 Å². The van der Waals surface area contributed by atoms with E-state index in [1.54, 1.807) is 0 Å². The number of alkyl halides is 1. The maximum absolute atomic E-state index is 13.9. The zero-order valence-electron chi connectivity index (χ0n) is 11.6. The second-order valence-corrected chi connectivity index (χ2v) is 7.62. The van der Waals surface area contributed by atoms with Crippen LogP contribution in [-0.2, 0) is 15.9 Å². The molecule has 0 radical (unpaired) electrons. The summed E-state index contributed by atoms with van der Waals surface area (Å²) in [6.45, 7) is 4.42. The first-order chi connectivity index (χ1) is 9.36. The zero-order valence-corrected chi connectivity index (χ0v) is 13.2. The van der Waals surface area contributed by atoms with Crippen molar-refractivity contribution < 1.29 is 12.8 Å². The summed E-state index contributed by atoms with van der Waals surface area (Å²) in [4.78, 5) is -0.267. The molecule has 0 amide bonds. The van der Waals surface area contributed by atoms with Gasteiger partial charge >= 0.3 is 0 Å². The van der Waals surface area contributed by atoms with Gasteiger partial charge in [-0.3, -0.25) is 0 Å². The summed E-state index contributed by atoms with van der Waals surface area (Å²) in [5.74, 6) is -0.0600. The van der Waals surface area contributed by atoms with E-state index in [-0.39, 0.29) is 16.8 Å². The molecule has 0 spiro atoms. The number of sulfonamides is 1. The van der Waals surface area contributed by atoms with Crippen LogP contribution < -0.4 is 0 Å². The number of hydrogen-bond acceptors (Lipinski definition) is 2. The van der Waals surface area contributed by atoms with E-state index in [4.69, 9.17) is 11.6 Å². The number of benzene rings is 1. The molecule has 1 aromatic rings. The average Bonchev–Trinajstić information content (AvgIpc) is 2.38. The van der Waals surface area contributed by atoms with Gasteiger partial charge in [-0.05, 0) is 43.4 Å². The average molecular weight is 320 g/mol. The van der Waals surface area contributed by atoms with Gasteiger partial charge in [-0.15, -0.1) is 11.6 Å².